The van der Waals surface area contributed by atoms with E-state index < -0.39 is 0 Å². The molecule has 1 rings (SSSR count). The number of methoxy groups -OCH3 is 1. The SMILES string of the molecule is COCC(C)Oc1cncc(C#CCCl)c1. The number of ether oxygens (including phenoxy) is 2. The second kappa shape index (κ2) is 7.10. The molecule has 0 saturated carbocycles. The third-order valence-corrected chi connectivity index (χ3v) is 1.88. The van der Waals surface area contributed by atoms with Gasteiger partial charge in [0.25, 0.3) is 0 Å². The molecular weight excluding hydrogens is 226 g/mol. The first-order chi connectivity index (χ1) is 7.76. The fourth-order valence-corrected chi connectivity index (χ4v) is 1.25. The minimum Gasteiger partial charge on any atom is -0.487 e. The van der Waals surface area contributed by atoms with E-state index in [4.69, 9.17) is 21.1 Å². The summed E-state index contributed by atoms with van der Waals surface area (Å²) in [5.41, 5.74) is 0.794. The quantitative estimate of drug-likeness (QED) is 0.596. The maximum Gasteiger partial charge on any atom is 0.139 e. The van der Waals surface area contributed by atoms with Crippen molar-refractivity contribution in [3.63, 3.8) is 0 Å². The van der Waals surface area contributed by atoms with E-state index in [1.165, 1.54) is 0 Å². The lowest BCUT2D eigenvalue weighted by Gasteiger charge is -2.13. The highest BCUT2D eigenvalue weighted by atomic mass is 35.5. The van der Waals surface area contributed by atoms with Crippen LogP contribution in [0, 0.1) is 11.8 Å². The Labute approximate surface area is 101 Å². The maximum atomic E-state index is 5.59. The largest absolute Gasteiger partial charge is 0.487 e. The summed E-state index contributed by atoms with van der Waals surface area (Å²) in [5, 5.41) is 0. The Bertz CT molecular complexity index is 384. The molecule has 0 spiro atoms. The summed E-state index contributed by atoms with van der Waals surface area (Å²) in [4.78, 5) is 4.04. The van der Waals surface area contributed by atoms with Gasteiger partial charge in [-0.3, -0.25) is 4.98 Å². The number of alkyl halides is 1. The van der Waals surface area contributed by atoms with Gasteiger partial charge in [0.15, 0.2) is 0 Å². The number of aromatic nitrogens is 1. The highest BCUT2D eigenvalue weighted by molar-refractivity contribution is 6.19. The zero-order valence-electron chi connectivity index (χ0n) is 9.37. The molecule has 3 nitrogen and oxygen atoms in total. The topological polar surface area (TPSA) is 31.4 Å². The van der Waals surface area contributed by atoms with Gasteiger partial charge in [0.2, 0.25) is 0 Å². The number of hydrogen-bond acceptors (Lipinski definition) is 3. The van der Waals surface area contributed by atoms with Gasteiger partial charge in [-0.15, -0.1) is 11.6 Å². The average Bonchev–Trinajstić information content (AvgIpc) is 2.27. The molecule has 0 aliphatic rings. The molecule has 0 bridgehead atoms. The molecule has 1 heterocycles. The van der Waals surface area contributed by atoms with Gasteiger partial charge in [-0.05, 0) is 13.0 Å². The Balaban J connectivity index is 2.67. The molecule has 0 saturated heterocycles. The van der Waals surface area contributed by atoms with Crippen molar-refractivity contribution < 1.29 is 9.47 Å². The maximum absolute atomic E-state index is 5.59. The van der Waals surface area contributed by atoms with E-state index in [0.29, 0.717) is 18.2 Å². The zero-order valence-corrected chi connectivity index (χ0v) is 10.1. The van der Waals surface area contributed by atoms with Crippen molar-refractivity contribution in [3.05, 3.63) is 24.0 Å². The van der Waals surface area contributed by atoms with Crippen LogP contribution in [0.2, 0.25) is 0 Å². The van der Waals surface area contributed by atoms with E-state index in [9.17, 15) is 0 Å². The fraction of sp³-hybridized carbons (Fsp3) is 0.417. The molecule has 1 unspecified atom stereocenters. The minimum atomic E-state index is -0.0111. The lowest BCUT2D eigenvalue weighted by Crippen LogP contribution is -2.18. The average molecular weight is 240 g/mol. The van der Waals surface area contributed by atoms with E-state index in [2.05, 4.69) is 16.8 Å². The first-order valence-electron chi connectivity index (χ1n) is 4.91. The molecule has 1 aromatic rings. The molecule has 0 radical (unpaired) electrons. The molecule has 0 aliphatic carbocycles. The second-order valence-corrected chi connectivity index (χ2v) is 3.50. The van der Waals surface area contributed by atoms with Crippen LogP contribution >= 0.6 is 11.6 Å². The van der Waals surface area contributed by atoms with Crippen LogP contribution in [-0.4, -0.2) is 30.7 Å². The van der Waals surface area contributed by atoms with Crippen LogP contribution in [-0.2, 0) is 4.74 Å². The number of hydrogen-bond donors (Lipinski definition) is 0. The number of pyridine rings is 1. The first-order valence-corrected chi connectivity index (χ1v) is 5.45. The van der Waals surface area contributed by atoms with Crippen molar-refractivity contribution in [1.82, 2.24) is 4.98 Å². The van der Waals surface area contributed by atoms with Gasteiger partial charge in [-0.2, -0.15) is 0 Å². The van der Waals surface area contributed by atoms with Crippen LogP contribution in [0.3, 0.4) is 0 Å². The molecule has 0 N–H and O–H groups in total. The number of halogens is 1. The molecular formula is C12H14ClNO2. The van der Waals surface area contributed by atoms with Crippen LogP contribution in [0.25, 0.3) is 0 Å². The zero-order chi connectivity index (χ0) is 11.8. The molecule has 1 aromatic heterocycles. The highest BCUT2D eigenvalue weighted by Gasteiger charge is 2.03. The van der Waals surface area contributed by atoms with Gasteiger partial charge in [-0.25, -0.2) is 0 Å². The summed E-state index contributed by atoms with van der Waals surface area (Å²) in [6, 6.07) is 1.83. The molecule has 16 heavy (non-hydrogen) atoms. The molecule has 0 aliphatic heterocycles. The van der Waals surface area contributed by atoms with Gasteiger partial charge >= 0.3 is 0 Å². The molecule has 1 atom stereocenters. The highest BCUT2D eigenvalue weighted by Crippen LogP contribution is 2.12. The second-order valence-electron chi connectivity index (χ2n) is 3.23. The van der Waals surface area contributed by atoms with Crippen molar-refractivity contribution in [1.29, 1.82) is 0 Å². The Morgan fingerprint density at radius 3 is 3.00 bits per heavy atom. The molecule has 4 heteroatoms. The van der Waals surface area contributed by atoms with Crippen molar-refractivity contribution in [3.8, 4) is 17.6 Å². The van der Waals surface area contributed by atoms with Gasteiger partial charge in [0, 0.05) is 18.9 Å². The summed E-state index contributed by atoms with van der Waals surface area (Å²) in [5.74, 6) is 6.65. The molecule has 86 valence electrons. The summed E-state index contributed by atoms with van der Waals surface area (Å²) in [7, 11) is 1.64. The van der Waals surface area contributed by atoms with Crippen LogP contribution < -0.4 is 4.74 Å². The monoisotopic (exact) mass is 239 g/mol. The van der Waals surface area contributed by atoms with E-state index in [0.717, 1.165) is 5.56 Å². The van der Waals surface area contributed by atoms with Gasteiger partial charge in [0.1, 0.15) is 11.9 Å². The third-order valence-electron chi connectivity index (χ3n) is 1.75. The summed E-state index contributed by atoms with van der Waals surface area (Å²) < 4.78 is 10.6. The van der Waals surface area contributed by atoms with Crippen molar-refractivity contribution in [2.24, 2.45) is 0 Å². The molecule has 0 amide bonds. The Morgan fingerprint density at radius 2 is 2.31 bits per heavy atom. The Morgan fingerprint density at radius 1 is 1.50 bits per heavy atom. The van der Waals surface area contributed by atoms with Crippen molar-refractivity contribution in [2.45, 2.75) is 13.0 Å². The van der Waals surface area contributed by atoms with Crippen LogP contribution in [0.1, 0.15) is 12.5 Å². The normalized spacial score (nSPS) is 11.4. The Kier molecular flexibility index (Phi) is 5.69. The van der Waals surface area contributed by atoms with Gasteiger partial charge in [0.05, 0.1) is 18.7 Å². The van der Waals surface area contributed by atoms with E-state index >= 15 is 0 Å². The lowest BCUT2D eigenvalue weighted by molar-refractivity contribution is 0.0918. The summed E-state index contributed by atoms with van der Waals surface area (Å²) >= 11 is 5.47. The summed E-state index contributed by atoms with van der Waals surface area (Å²) in [6.45, 7) is 2.47. The van der Waals surface area contributed by atoms with E-state index in [-0.39, 0.29) is 6.10 Å². The van der Waals surface area contributed by atoms with Crippen molar-refractivity contribution >= 4 is 11.6 Å². The Hall–Kier alpha value is -1.24. The lowest BCUT2D eigenvalue weighted by atomic mass is 10.3. The van der Waals surface area contributed by atoms with Crippen LogP contribution in [0.4, 0.5) is 0 Å². The third kappa shape index (κ3) is 4.52. The fourth-order valence-electron chi connectivity index (χ4n) is 1.19. The van der Waals surface area contributed by atoms with Crippen LogP contribution in [0.15, 0.2) is 18.5 Å². The number of nitrogens with zero attached hydrogens (tertiary/aromatic N) is 1. The molecule has 0 aromatic carbocycles. The molecule has 0 fully saturated rings. The van der Waals surface area contributed by atoms with E-state index in [1.54, 1.807) is 19.5 Å². The predicted molar refractivity (Wildman–Crippen MR) is 63.8 cm³/mol. The van der Waals surface area contributed by atoms with Crippen molar-refractivity contribution in [2.75, 3.05) is 19.6 Å². The first kappa shape index (κ1) is 12.8. The van der Waals surface area contributed by atoms with E-state index in [1.807, 2.05) is 13.0 Å². The van der Waals surface area contributed by atoms with Gasteiger partial charge < -0.3 is 9.47 Å². The minimum absolute atomic E-state index is 0.0111. The van der Waals surface area contributed by atoms with Gasteiger partial charge in [-0.1, -0.05) is 11.8 Å². The number of rotatable bonds is 4. The standard InChI is InChI=1S/C12H14ClNO2/c1-10(9-15-2)16-12-6-11(4-3-5-13)7-14-8-12/h6-8,10H,5,9H2,1-2H3. The smallest absolute Gasteiger partial charge is 0.139 e. The predicted octanol–water partition coefficient (Wildman–Crippen LogP) is 2.09. The summed E-state index contributed by atoms with van der Waals surface area (Å²) in [6.07, 6.45) is 3.31. The van der Waals surface area contributed by atoms with Crippen LogP contribution in [0.5, 0.6) is 5.75 Å².